The van der Waals surface area contributed by atoms with Gasteiger partial charge in [0, 0.05) is 12.5 Å². The molecule has 3 rings (SSSR count). The molecule has 0 unspecified atom stereocenters. The van der Waals surface area contributed by atoms with Gasteiger partial charge in [-0.3, -0.25) is 0 Å². The maximum atomic E-state index is 13.1. The van der Waals surface area contributed by atoms with Crippen molar-refractivity contribution in [1.29, 1.82) is 0 Å². The van der Waals surface area contributed by atoms with E-state index in [-0.39, 0.29) is 16.9 Å². The van der Waals surface area contributed by atoms with Crippen LogP contribution in [0.25, 0.3) is 0 Å². The van der Waals surface area contributed by atoms with Crippen molar-refractivity contribution in [2.45, 2.75) is 24.4 Å². The van der Waals surface area contributed by atoms with Crippen LogP contribution in [-0.2, 0) is 6.18 Å². The lowest BCUT2D eigenvalue weighted by molar-refractivity contribution is -0.137. The quantitative estimate of drug-likeness (QED) is 0.791. The van der Waals surface area contributed by atoms with E-state index in [1.807, 2.05) is 30.3 Å². The average molecular weight is 340 g/mol. The van der Waals surface area contributed by atoms with Gasteiger partial charge in [0.1, 0.15) is 0 Å². The Bertz CT molecular complexity index is 670. The Hall–Kier alpha value is -1.52. The van der Waals surface area contributed by atoms with Gasteiger partial charge in [0.2, 0.25) is 0 Å². The van der Waals surface area contributed by atoms with E-state index < -0.39 is 11.7 Å². The number of piperidine rings is 1. The molecule has 0 spiro atoms. The molecule has 1 nitrogen and oxygen atoms in total. The van der Waals surface area contributed by atoms with Crippen LogP contribution < -0.4 is 5.32 Å². The summed E-state index contributed by atoms with van der Waals surface area (Å²) in [5.74, 6) is 0.212. The fraction of sp³-hybridized carbons (Fsp3) is 0.333. The zero-order chi connectivity index (χ0) is 16.4. The van der Waals surface area contributed by atoms with Crippen molar-refractivity contribution in [1.82, 2.24) is 5.32 Å². The first-order valence-electron chi connectivity index (χ1n) is 7.59. The summed E-state index contributed by atoms with van der Waals surface area (Å²) in [7, 11) is 0. The molecule has 2 aromatic carbocycles. The third-order valence-corrected chi connectivity index (χ3v) is 4.76. The molecule has 122 valence electrons. The van der Waals surface area contributed by atoms with Gasteiger partial charge < -0.3 is 5.32 Å². The standard InChI is InChI=1S/C18H17ClF3N/c19-17-7-6-13(10-16(17)18(20,21)22)14-8-9-23-11-15(14)12-4-2-1-3-5-12/h1-7,10,14-15,23H,8-9,11H2/t14-,15-/m0/s1. The number of halogens is 4. The van der Waals surface area contributed by atoms with Crippen molar-refractivity contribution < 1.29 is 13.2 Å². The summed E-state index contributed by atoms with van der Waals surface area (Å²) in [5.41, 5.74) is 1.10. The summed E-state index contributed by atoms with van der Waals surface area (Å²) in [6.07, 6.45) is -3.62. The summed E-state index contributed by atoms with van der Waals surface area (Å²) in [6, 6.07) is 14.2. The second-order valence-electron chi connectivity index (χ2n) is 5.85. The lowest BCUT2D eigenvalue weighted by atomic mass is 9.77. The highest BCUT2D eigenvalue weighted by Gasteiger charge is 2.35. The Balaban J connectivity index is 1.98. The van der Waals surface area contributed by atoms with Crippen molar-refractivity contribution in [2.24, 2.45) is 0 Å². The minimum Gasteiger partial charge on any atom is -0.316 e. The smallest absolute Gasteiger partial charge is 0.316 e. The van der Waals surface area contributed by atoms with Crippen molar-refractivity contribution in [3.63, 3.8) is 0 Å². The van der Waals surface area contributed by atoms with Crippen LogP contribution in [0.2, 0.25) is 5.02 Å². The summed E-state index contributed by atoms with van der Waals surface area (Å²) in [4.78, 5) is 0. The Morgan fingerprint density at radius 1 is 0.957 bits per heavy atom. The van der Waals surface area contributed by atoms with Crippen LogP contribution in [0, 0.1) is 0 Å². The summed E-state index contributed by atoms with van der Waals surface area (Å²) in [5, 5.41) is 3.10. The zero-order valence-corrected chi connectivity index (χ0v) is 13.2. The van der Waals surface area contributed by atoms with E-state index in [1.165, 1.54) is 12.1 Å². The Labute approximate surface area is 138 Å². The van der Waals surface area contributed by atoms with Crippen LogP contribution in [0.15, 0.2) is 48.5 Å². The van der Waals surface area contributed by atoms with E-state index in [2.05, 4.69) is 5.32 Å². The van der Waals surface area contributed by atoms with Crippen molar-refractivity contribution in [3.8, 4) is 0 Å². The SMILES string of the molecule is FC(F)(F)c1cc([C@@H]2CCNC[C@H]2c2ccccc2)ccc1Cl. The first-order chi connectivity index (χ1) is 11.0. The van der Waals surface area contributed by atoms with Crippen molar-refractivity contribution >= 4 is 11.6 Å². The van der Waals surface area contributed by atoms with Gasteiger partial charge in [-0.2, -0.15) is 13.2 Å². The van der Waals surface area contributed by atoms with Crippen LogP contribution in [0.4, 0.5) is 13.2 Å². The maximum absolute atomic E-state index is 13.1. The highest BCUT2D eigenvalue weighted by molar-refractivity contribution is 6.31. The molecule has 2 aromatic rings. The van der Waals surface area contributed by atoms with Gasteiger partial charge in [-0.25, -0.2) is 0 Å². The van der Waals surface area contributed by atoms with Gasteiger partial charge in [-0.15, -0.1) is 0 Å². The Morgan fingerprint density at radius 2 is 1.70 bits per heavy atom. The summed E-state index contributed by atoms with van der Waals surface area (Å²) < 4.78 is 39.4. The summed E-state index contributed by atoms with van der Waals surface area (Å²) >= 11 is 5.74. The van der Waals surface area contributed by atoms with E-state index >= 15 is 0 Å². The van der Waals surface area contributed by atoms with Gasteiger partial charge in [-0.05, 0) is 42.1 Å². The molecule has 1 aliphatic rings. The van der Waals surface area contributed by atoms with E-state index in [4.69, 9.17) is 11.6 Å². The number of alkyl halides is 3. The predicted molar refractivity (Wildman–Crippen MR) is 85.9 cm³/mol. The molecular formula is C18H17ClF3N. The minimum atomic E-state index is -4.43. The number of rotatable bonds is 2. The third kappa shape index (κ3) is 3.54. The fourth-order valence-electron chi connectivity index (χ4n) is 3.30. The molecule has 1 aliphatic heterocycles. The average Bonchev–Trinajstić information content (AvgIpc) is 2.55. The highest BCUT2D eigenvalue weighted by atomic mass is 35.5. The van der Waals surface area contributed by atoms with Crippen LogP contribution in [-0.4, -0.2) is 13.1 Å². The van der Waals surface area contributed by atoms with Gasteiger partial charge >= 0.3 is 6.18 Å². The first-order valence-corrected chi connectivity index (χ1v) is 7.97. The third-order valence-electron chi connectivity index (χ3n) is 4.43. The van der Waals surface area contributed by atoms with Gasteiger partial charge in [0.15, 0.2) is 0 Å². The molecule has 0 radical (unpaired) electrons. The molecule has 5 heteroatoms. The van der Waals surface area contributed by atoms with Gasteiger partial charge in [-0.1, -0.05) is 48.0 Å². The number of hydrogen-bond donors (Lipinski definition) is 1. The largest absolute Gasteiger partial charge is 0.417 e. The Morgan fingerprint density at radius 3 is 2.39 bits per heavy atom. The molecule has 0 amide bonds. The minimum absolute atomic E-state index is 0.0528. The normalized spacial score (nSPS) is 22.1. The van der Waals surface area contributed by atoms with E-state index in [9.17, 15) is 13.2 Å². The molecule has 0 aromatic heterocycles. The predicted octanol–water partition coefficient (Wildman–Crippen LogP) is 5.22. The Kier molecular flexibility index (Phi) is 4.64. The van der Waals surface area contributed by atoms with E-state index in [0.717, 1.165) is 25.1 Å². The van der Waals surface area contributed by atoms with Crippen LogP contribution in [0.3, 0.4) is 0 Å². The van der Waals surface area contributed by atoms with Gasteiger partial charge in [0.05, 0.1) is 10.6 Å². The second kappa shape index (κ2) is 6.54. The summed E-state index contributed by atoms with van der Waals surface area (Å²) in [6.45, 7) is 1.57. The molecule has 1 heterocycles. The highest BCUT2D eigenvalue weighted by Crippen LogP contribution is 2.41. The van der Waals surface area contributed by atoms with Crippen LogP contribution in [0.1, 0.15) is 34.9 Å². The molecule has 1 saturated heterocycles. The maximum Gasteiger partial charge on any atom is 0.417 e. The lowest BCUT2D eigenvalue weighted by Crippen LogP contribution is -2.34. The monoisotopic (exact) mass is 339 g/mol. The van der Waals surface area contributed by atoms with Crippen molar-refractivity contribution in [3.05, 3.63) is 70.2 Å². The molecular weight excluding hydrogens is 323 g/mol. The number of benzene rings is 2. The van der Waals surface area contributed by atoms with E-state index in [1.54, 1.807) is 6.07 Å². The van der Waals surface area contributed by atoms with Crippen molar-refractivity contribution in [2.75, 3.05) is 13.1 Å². The van der Waals surface area contributed by atoms with Crippen LogP contribution >= 0.6 is 11.6 Å². The lowest BCUT2D eigenvalue weighted by Gasteiger charge is -2.33. The van der Waals surface area contributed by atoms with Crippen LogP contribution in [0.5, 0.6) is 0 Å². The fourth-order valence-corrected chi connectivity index (χ4v) is 3.52. The zero-order valence-electron chi connectivity index (χ0n) is 12.4. The van der Waals surface area contributed by atoms with Gasteiger partial charge in [0.25, 0.3) is 0 Å². The molecule has 1 N–H and O–H groups in total. The molecule has 2 atom stereocenters. The van der Waals surface area contributed by atoms with E-state index in [0.29, 0.717) is 5.56 Å². The molecule has 23 heavy (non-hydrogen) atoms. The molecule has 0 aliphatic carbocycles. The molecule has 0 saturated carbocycles. The topological polar surface area (TPSA) is 12.0 Å². The number of hydrogen-bond acceptors (Lipinski definition) is 1. The number of nitrogens with one attached hydrogen (secondary N) is 1. The second-order valence-corrected chi connectivity index (χ2v) is 6.26. The molecule has 1 fully saturated rings. The molecule has 0 bridgehead atoms. The first kappa shape index (κ1) is 16.3.